The number of hydrogen-bond acceptors (Lipinski definition) is 3. The number of amides is 1. The van der Waals surface area contributed by atoms with Gasteiger partial charge in [-0.1, -0.05) is 0 Å². The Balaban J connectivity index is 1.85. The Morgan fingerprint density at radius 3 is 2.65 bits per heavy atom. The lowest BCUT2D eigenvalue weighted by molar-refractivity contribution is -0.142. The van der Waals surface area contributed by atoms with Crippen LogP contribution in [-0.2, 0) is 14.3 Å². The number of likely N-dealkylation sites (N-methyl/N-ethyl adjacent to an activating group) is 1. The van der Waals surface area contributed by atoms with Crippen molar-refractivity contribution < 1.29 is 19.4 Å². The van der Waals surface area contributed by atoms with Crippen molar-refractivity contribution >= 4 is 11.9 Å². The van der Waals surface area contributed by atoms with Crippen molar-refractivity contribution in [2.24, 2.45) is 11.8 Å². The van der Waals surface area contributed by atoms with Gasteiger partial charge in [-0.25, -0.2) is 0 Å². The first-order valence-electron chi connectivity index (χ1n) is 6.26. The lowest BCUT2D eigenvalue weighted by atomic mass is 10.2. The predicted octanol–water partition coefficient (Wildman–Crippen LogP) is 0.735. The summed E-state index contributed by atoms with van der Waals surface area (Å²) >= 11 is 0. The molecular weight excluding hydrogens is 222 g/mol. The van der Waals surface area contributed by atoms with E-state index in [1.165, 1.54) is 0 Å². The first kappa shape index (κ1) is 12.4. The number of carboxylic acids is 1. The second kappa shape index (κ2) is 5.04. The Morgan fingerprint density at radius 1 is 1.41 bits per heavy atom. The van der Waals surface area contributed by atoms with Gasteiger partial charge in [0.2, 0.25) is 5.91 Å². The van der Waals surface area contributed by atoms with Crippen LogP contribution in [-0.4, -0.2) is 47.7 Å². The van der Waals surface area contributed by atoms with E-state index >= 15 is 0 Å². The summed E-state index contributed by atoms with van der Waals surface area (Å²) in [6.45, 7) is 3.93. The van der Waals surface area contributed by atoms with Gasteiger partial charge >= 0.3 is 5.97 Å². The highest BCUT2D eigenvalue weighted by atomic mass is 16.5. The van der Waals surface area contributed by atoms with Crippen LogP contribution in [0.3, 0.4) is 0 Å². The lowest BCUT2D eigenvalue weighted by Crippen LogP contribution is -2.38. The van der Waals surface area contributed by atoms with Gasteiger partial charge in [0.1, 0.15) is 0 Å². The Hall–Kier alpha value is -1.10. The summed E-state index contributed by atoms with van der Waals surface area (Å²) in [5, 5.41) is 8.82. The summed E-state index contributed by atoms with van der Waals surface area (Å²) in [6, 6.07) is 0. The first-order chi connectivity index (χ1) is 8.13. The molecule has 0 spiro atoms. The third-order valence-corrected chi connectivity index (χ3v) is 3.57. The maximum atomic E-state index is 12.0. The minimum Gasteiger partial charge on any atom is -0.481 e. The van der Waals surface area contributed by atoms with Gasteiger partial charge in [-0.05, 0) is 26.2 Å². The van der Waals surface area contributed by atoms with E-state index in [9.17, 15) is 9.59 Å². The van der Waals surface area contributed by atoms with E-state index in [0.717, 1.165) is 19.4 Å². The lowest BCUT2D eigenvalue weighted by Gasteiger charge is -2.24. The van der Waals surface area contributed by atoms with Gasteiger partial charge in [-0.3, -0.25) is 9.59 Å². The number of carboxylic acid groups (broad SMARTS) is 1. The Labute approximate surface area is 101 Å². The van der Waals surface area contributed by atoms with E-state index in [2.05, 4.69) is 0 Å². The predicted molar refractivity (Wildman–Crippen MR) is 60.5 cm³/mol. The minimum absolute atomic E-state index is 0.0181. The normalized spacial score (nSPS) is 31.2. The van der Waals surface area contributed by atoms with E-state index in [1.807, 2.05) is 6.92 Å². The van der Waals surface area contributed by atoms with Gasteiger partial charge in [0.05, 0.1) is 17.9 Å². The molecule has 3 atom stereocenters. The molecule has 1 aliphatic heterocycles. The van der Waals surface area contributed by atoms with Crippen LogP contribution >= 0.6 is 0 Å². The van der Waals surface area contributed by atoms with E-state index in [1.54, 1.807) is 4.90 Å². The van der Waals surface area contributed by atoms with Gasteiger partial charge in [0, 0.05) is 19.7 Å². The van der Waals surface area contributed by atoms with E-state index in [-0.39, 0.29) is 17.9 Å². The second-order valence-corrected chi connectivity index (χ2v) is 4.80. The van der Waals surface area contributed by atoms with Gasteiger partial charge in [-0.2, -0.15) is 0 Å². The van der Waals surface area contributed by atoms with Crippen molar-refractivity contribution in [3.8, 4) is 0 Å². The smallest absolute Gasteiger partial charge is 0.307 e. The molecule has 5 heteroatoms. The molecule has 1 saturated heterocycles. The molecular formula is C12H19NO4. The van der Waals surface area contributed by atoms with Crippen molar-refractivity contribution in [3.05, 3.63) is 0 Å². The standard InChI is InChI=1S/C12H19NO4/c1-2-13(7-8-4-3-5-17-8)11(14)9-6-10(9)12(15)16/h8-10H,2-7H2,1H3,(H,15,16)/t8-,9-,10+/m0/s1. The molecule has 0 radical (unpaired) electrons. The van der Waals surface area contributed by atoms with Gasteiger partial charge < -0.3 is 14.7 Å². The summed E-state index contributed by atoms with van der Waals surface area (Å²) in [4.78, 5) is 24.5. The molecule has 0 aromatic rings. The molecule has 0 aromatic heterocycles. The van der Waals surface area contributed by atoms with Crippen molar-refractivity contribution in [1.29, 1.82) is 0 Å². The Morgan fingerprint density at radius 2 is 2.18 bits per heavy atom. The average Bonchev–Trinajstić information content (AvgIpc) is 2.96. The van der Waals surface area contributed by atoms with Crippen LogP contribution < -0.4 is 0 Å². The molecule has 5 nitrogen and oxygen atoms in total. The zero-order chi connectivity index (χ0) is 12.4. The number of aliphatic carboxylic acids is 1. The molecule has 1 aliphatic carbocycles. The fourth-order valence-electron chi connectivity index (χ4n) is 2.38. The number of ether oxygens (including phenoxy) is 1. The van der Waals surface area contributed by atoms with E-state index in [4.69, 9.17) is 9.84 Å². The maximum Gasteiger partial charge on any atom is 0.307 e. The molecule has 1 heterocycles. The topological polar surface area (TPSA) is 66.8 Å². The Bertz CT molecular complexity index is 312. The Kier molecular flexibility index (Phi) is 3.66. The fraction of sp³-hybridized carbons (Fsp3) is 0.833. The van der Waals surface area contributed by atoms with E-state index < -0.39 is 11.9 Å². The van der Waals surface area contributed by atoms with Crippen LogP contribution in [0.4, 0.5) is 0 Å². The molecule has 1 amide bonds. The number of nitrogens with zero attached hydrogens (tertiary/aromatic N) is 1. The number of carbonyl (C=O) groups is 2. The molecule has 17 heavy (non-hydrogen) atoms. The van der Waals surface area contributed by atoms with Crippen molar-refractivity contribution in [1.82, 2.24) is 4.90 Å². The van der Waals surface area contributed by atoms with Crippen LogP contribution in [0.15, 0.2) is 0 Å². The fourth-order valence-corrected chi connectivity index (χ4v) is 2.38. The van der Waals surface area contributed by atoms with Crippen LogP contribution in [0.5, 0.6) is 0 Å². The first-order valence-corrected chi connectivity index (χ1v) is 6.26. The molecule has 0 unspecified atom stereocenters. The van der Waals surface area contributed by atoms with Crippen LogP contribution in [0.1, 0.15) is 26.2 Å². The monoisotopic (exact) mass is 241 g/mol. The molecule has 2 aliphatic rings. The van der Waals surface area contributed by atoms with Crippen LogP contribution in [0, 0.1) is 11.8 Å². The third-order valence-electron chi connectivity index (χ3n) is 3.57. The summed E-state index contributed by atoms with van der Waals surface area (Å²) in [5.74, 6) is -1.62. The average molecular weight is 241 g/mol. The quantitative estimate of drug-likeness (QED) is 0.770. The molecule has 1 N–H and O–H groups in total. The highest BCUT2D eigenvalue weighted by Gasteiger charge is 2.49. The third kappa shape index (κ3) is 2.77. The molecule has 2 rings (SSSR count). The summed E-state index contributed by atoms with van der Waals surface area (Å²) < 4.78 is 5.50. The van der Waals surface area contributed by atoms with Gasteiger partial charge in [-0.15, -0.1) is 0 Å². The zero-order valence-electron chi connectivity index (χ0n) is 10.1. The van der Waals surface area contributed by atoms with Gasteiger partial charge in [0.25, 0.3) is 0 Å². The summed E-state index contributed by atoms with van der Waals surface area (Å²) in [5.41, 5.74) is 0. The molecule has 0 aromatic carbocycles. The number of rotatable bonds is 5. The minimum atomic E-state index is -0.850. The zero-order valence-corrected chi connectivity index (χ0v) is 10.1. The maximum absolute atomic E-state index is 12.0. The van der Waals surface area contributed by atoms with Crippen molar-refractivity contribution in [2.45, 2.75) is 32.3 Å². The van der Waals surface area contributed by atoms with Crippen LogP contribution in [0.25, 0.3) is 0 Å². The van der Waals surface area contributed by atoms with Gasteiger partial charge in [0.15, 0.2) is 0 Å². The van der Waals surface area contributed by atoms with Crippen molar-refractivity contribution in [3.63, 3.8) is 0 Å². The number of hydrogen-bond donors (Lipinski definition) is 1. The summed E-state index contributed by atoms with van der Waals surface area (Å²) in [6.07, 6.45) is 2.69. The van der Waals surface area contributed by atoms with Crippen LogP contribution in [0.2, 0.25) is 0 Å². The largest absolute Gasteiger partial charge is 0.481 e. The molecule has 0 bridgehead atoms. The summed E-state index contributed by atoms with van der Waals surface area (Å²) in [7, 11) is 0. The van der Waals surface area contributed by atoms with E-state index in [0.29, 0.717) is 19.5 Å². The molecule has 96 valence electrons. The number of carbonyl (C=O) groups excluding carboxylic acids is 1. The van der Waals surface area contributed by atoms with Crippen molar-refractivity contribution in [2.75, 3.05) is 19.7 Å². The highest BCUT2D eigenvalue weighted by molar-refractivity contribution is 5.89. The molecule has 2 fully saturated rings. The SMILES string of the molecule is CCN(C[C@@H]1CCCO1)C(=O)[C@H]1C[C@H]1C(=O)O. The molecule has 1 saturated carbocycles. The second-order valence-electron chi connectivity index (χ2n) is 4.80. The highest BCUT2D eigenvalue weighted by Crippen LogP contribution is 2.40.